The highest BCUT2D eigenvalue weighted by Crippen LogP contribution is 2.33. The number of benzene rings is 2. The van der Waals surface area contributed by atoms with E-state index in [1.165, 1.54) is 18.6 Å². The van der Waals surface area contributed by atoms with E-state index in [-0.39, 0.29) is 36.5 Å². The SMILES string of the molecule is O=C(NC1CCCCC1)N(Cc1ccc(F)cc1)Cc1cc2cc3c(cc2[nH]c1=O)OCCO3. The molecule has 1 saturated carbocycles. The lowest BCUT2D eigenvalue weighted by Crippen LogP contribution is -2.45. The van der Waals surface area contributed by atoms with Crippen LogP contribution in [0.4, 0.5) is 9.18 Å². The van der Waals surface area contributed by atoms with Gasteiger partial charge in [0.2, 0.25) is 0 Å². The second-order valence-corrected chi connectivity index (χ2v) is 8.97. The lowest BCUT2D eigenvalue weighted by Gasteiger charge is -2.28. The summed E-state index contributed by atoms with van der Waals surface area (Å²) in [5.41, 5.74) is 1.63. The number of H-pyrrole nitrogens is 1. The van der Waals surface area contributed by atoms with Crippen molar-refractivity contribution in [2.24, 2.45) is 0 Å². The van der Waals surface area contributed by atoms with E-state index < -0.39 is 0 Å². The molecule has 1 aromatic heterocycles. The number of hydrogen-bond donors (Lipinski definition) is 2. The maximum absolute atomic E-state index is 13.4. The maximum Gasteiger partial charge on any atom is 0.318 e. The number of fused-ring (bicyclic) bond motifs is 2. The van der Waals surface area contributed by atoms with E-state index in [9.17, 15) is 14.0 Å². The van der Waals surface area contributed by atoms with Crippen LogP contribution in [0.1, 0.15) is 43.2 Å². The Balaban J connectivity index is 1.42. The standard InChI is InChI=1S/C26H28FN3O4/c27-20-8-6-17(7-9-20)15-30(26(32)28-21-4-2-1-3-5-21)16-19-12-18-13-23-24(34-11-10-33-23)14-22(18)29-25(19)31/h6-9,12-14,21H,1-5,10-11,15-16H2,(H,28,32)(H,29,31). The van der Waals surface area contributed by atoms with E-state index in [0.717, 1.165) is 36.6 Å². The van der Waals surface area contributed by atoms with Crippen molar-refractivity contribution in [3.05, 3.63) is 69.8 Å². The number of hydrogen-bond acceptors (Lipinski definition) is 4. The molecule has 2 aromatic carbocycles. The number of amides is 2. The fraction of sp³-hybridized carbons (Fsp3) is 0.385. The van der Waals surface area contributed by atoms with Crippen LogP contribution in [0.3, 0.4) is 0 Å². The summed E-state index contributed by atoms with van der Waals surface area (Å²) in [6.45, 7) is 1.32. The van der Waals surface area contributed by atoms with Gasteiger partial charge in [-0.15, -0.1) is 0 Å². The van der Waals surface area contributed by atoms with E-state index in [4.69, 9.17) is 9.47 Å². The van der Waals surface area contributed by atoms with Crippen molar-refractivity contribution < 1.29 is 18.7 Å². The van der Waals surface area contributed by atoms with Gasteiger partial charge in [-0.05, 0) is 42.7 Å². The molecular weight excluding hydrogens is 437 g/mol. The Morgan fingerprint density at radius 1 is 1.00 bits per heavy atom. The molecule has 1 aliphatic heterocycles. The zero-order valence-electron chi connectivity index (χ0n) is 18.9. The molecule has 0 radical (unpaired) electrons. The van der Waals surface area contributed by atoms with Crippen LogP contribution in [-0.2, 0) is 13.1 Å². The van der Waals surface area contributed by atoms with Crippen LogP contribution >= 0.6 is 0 Å². The molecule has 2 aliphatic rings. The Hall–Kier alpha value is -3.55. The van der Waals surface area contributed by atoms with Crippen molar-refractivity contribution in [2.75, 3.05) is 13.2 Å². The van der Waals surface area contributed by atoms with Crippen LogP contribution in [0.25, 0.3) is 10.9 Å². The van der Waals surface area contributed by atoms with Crippen molar-refractivity contribution in [2.45, 2.75) is 51.2 Å². The van der Waals surface area contributed by atoms with Gasteiger partial charge in [-0.25, -0.2) is 9.18 Å². The Kier molecular flexibility index (Phi) is 6.38. The van der Waals surface area contributed by atoms with Crippen LogP contribution in [0.2, 0.25) is 0 Å². The third-order valence-corrected chi connectivity index (χ3v) is 6.45. The largest absolute Gasteiger partial charge is 0.486 e. The van der Waals surface area contributed by atoms with E-state index in [2.05, 4.69) is 10.3 Å². The molecule has 34 heavy (non-hydrogen) atoms. The third-order valence-electron chi connectivity index (χ3n) is 6.45. The monoisotopic (exact) mass is 465 g/mol. The Morgan fingerprint density at radius 3 is 2.44 bits per heavy atom. The normalized spacial score (nSPS) is 15.8. The fourth-order valence-electron chi connectivity index (χ4n) is 4.63. The molecule has 2 heterocycles. The molecule has 5 rings (SSSR count). The molecule has 0 atom stereocenters. The molecule has 2 N–H and O–H groups in total. The molecule has 8 heteroatoms. The van der Waals surface area contributed by atoms with Crippen LogP contribution in [0.5, 0.6) is 11.5 Å². The highest BCUT2D eigenvalue weighted by molar-refractivity contribution is 5.83. The Labute approximate surface area is 196 Å². The zero-order valence-corrected chi connectivity index (χ0v) is 18.9. The minimum absolute atomic E-state index is 0.121. The summed E-state index contributed by atoms with van der Waals surface area (Å²) < 4.78 is 24.7. The first-order valence-electron chi connectivity index (χ1n) is 11.8. The third kappa shape index (κ3) is 5.00. The van der Waals surface area contributed by atoms with Gasteiger partial charge < -0.3 is 24.7 Å². The summed E-state index contributed by atoms with van der Waals surface area (Å²) in [5, 5.41) is 3.93. The molecule has 178 valence electrons. The summed E-state index contributed by atoms with van der Waals surface area (Å²) in [6.07, 6.45) is 5.31. The lowest BCUT2D eigenvalue weighted by atomic mass is 9.96. The zero-order chi connectivity index (χ0) is 23.5. The number of rotatable bonds is 5. The number of ether oxygens (including phenoxy) is 2. The summed E-state index contributed by atoms with van der Waals surface area (Å²) in [6, 6.07) is 11.4. The van der Waals surface area contributed by atoms with Crippen molar-refractivity contribution in [1.82, 2.24) is 15.2 Å². The van der Waals surface area contributed by atoms with E-state index in [1.54, 1.807) is 29.2 Å². The minimum atomic E-state index is -0.331. The van der Waals surface area contributed by atoms with Gasteiger partial charge in [0.25, 0.3) is 5.56 Å². The number of nitrogens with one attached hydrogen (secondary N) is 2. The van der Waals surface area contributed by atoms with Crippen molar-refractivity contribution >= 4 is 16.9 Å². The second kappa shape index (κ2) is 9.75. The average Bonchev–Trinajstić information content (AvgIpc) is 2.85. The smallest absolute Gasteiger partial charge is 0.318 e. The fourth-order valence-corrected chi connectivity index (χ4v) is 4.63. The minimum Gasteiger partial charge on any atom is -0.486 e. The molecule has 0 saturated heterocycles. The quantitative estimate of drug-likeness (QED) is 0.582. The van der Waals surface area contributed by atoms with E-state index in [1.807, 2.05) is 6.07 Å². The number of carbonyl (C=O) groups is 1. The number of aromatic nitrogens is 1. The highest BCUT2D eigenvalue weighted by atomic mass is 19.1. The predicted octanol–water partition coefficient (Wildman–Crippen LogP) is 4.48. The summed E-state index contributed by atoms with van der Waals surface area (Å²) >= 11 is 0. The lowest BCUT2D eigenvalue weighted by molar-refractivity contribution is 0.172. The van der Waals surface area contributed by atoms with Crippen molar-refractivity contribution in [1.29, 1.82) is 0 Å². The number of aromatic amines is 1. The molecule has 2 amide bonds. The summed E-state index contributed by atoms with van der Waals surface area (Å²) in [4.78, 5) is 30.7. The Morgan fingerprint density at radius 2 is 1.71 bits per heavy atom. The van der Waals surface area contributed by atoms with Crippen LogP contribution in [-0.4, -0.2) is 35.2 Å². The van der Waals surface area contributed by atoms with Crippen LogP contribution < -0.4 is 20.3 Å². The average molecular weight is 466 g/mol. The molecule has 3 aromatic rings. The number of nitrogens with zero attached hydrogens (tertiary/aromatic N) is 1. The second-order valence-electron chi connectivity index (χ2n) is 8.97. The number of halogens is 1. The maximum atomic E-state index is 13.4. The van der Waals surface area contributed by atoms with Crippen molar-refractivity contribution in [3.63, 3.8) is 0 Å². The van der Waals surface area contributed by atoms with E-state index in [0.29, 0.717) is 35.8 Å². The first-order chi connectivity index (χ1) is 16.5. The van der Waals surface area contributed by atoms with Gasteiger partial charge in [0.15, 0.2) is 11.5 Å². The van der Waals surface area contributed by atoms with Gasteiger partial charge in [0.05, 0.1) is 12.1 Å². The molecule has 0 spiro atoms. The molecule has 0 unspecified atom stereocenters. The van der Waals surface area contributed by atoms with Crippen LogP contribution in [0.15, 0.2) is 47.3 Å². The first kappa shape index (κ1) is 22.3. The molecule has 0 bridgehead atoms. The van der Waals surface area contributed by atoms with Gasteiger partial charge in [-0.2, -0.15) is 0 Å². The van der Waals surface area contributed by atoms with Gasteiger partial charge in [0, 0.05) is 29.6 Å². The van der Waals surface area contributed by atoms with E-state index >= 15 is 0 Å². The molecule has 1 fully saturated rings. The van der Waals surface area contributed by atoms with Gasteiger partial charge in [-0.1, -0.05) is 31.4 Å². The summed E-state index contributed by atoms with van der Waals surface area (Å²) in [5.74, 6) is 0.907. The summed E-state index contributed by atoms with van der Waals surface area (Å²) in [7, 11) is 0. The van der Waals surface area contributed by atoms with Crippen LogP contribution in [0, 0.1) is 5.82 Å². The molecule has 1 aliphatic carbocycles. The Bertz CT molecular complexity index is 1240. The molecular formula is C26H28FN3O4. The highest BCUT2D eigenvalue weighted by Gasteiger charge is 2.22. The number of urea groups is 1. The van der Waals surface area contributed by atoms with Gasteiger partial charge in [0.1, 0.15) is 19.0 Å². The number of carbonyl (C=O) groups excluding carboxylic acids is 1. The predicted molar refractivity (Wildman–Crippen MR) is 127 cm³/mol. The molecule has 7 nitrogen and oxygen atoms in total. The van der Waals surface area contributed by atoms with Gasteiger partial charge >= 0.3 is 6.03 Å². The number of pyridine rings is 1. The van der Waals surface area contributed by atoms with Crippen molar-refractivity contribution in [3.8, 4) is 11.5 Å². The van der Waals surface area contributed by atoms with Gasteiger partial charge in [-0.3, -0.25) is 4.79 Å². The first-order valence-corrected chi connectivity index (χ1v) is 11.8. The topological polar surface area (TPSA) is 83.7 Å².